The van der Waals surface area contributed by atoms with E-state index in [2.05, 4.69) is 4.98 Å². The van der Waals surface area contributed by atoms with E-state index in [1.54, 1.807) is 24.3 Å². The largest absolute Gasteiger partial charge is 0.508 e. The van der Waals surface area contributed by atoms with Gasteiger partial charge in [-0.3, -0.25) is 14.6 Å². The zero-order valence-electron chi connectivity index (χ0n) is 16.1. The molecule has 0 bridgehead atoms. The van der Waals surface area contributed by atoms with Gasteiger partial charge in [0.25, 0.3) is 11.7 Å². The minimum absolute atomic E-state index is 0.00450. The highest BCUT2D eigenvalue weighted by molar-refractivity contribution is 6.46. The van der Waals surface area contributed by atoms with Gasteiger partial charge in [0.05, 0.1) is 11.6 Å². The molecule has 1 amide bonds. The van der Waals surface area contributed by atoms with E-state index in [-0.39, 0.29) is 17.1 Å². The van der Waals surface area contributed by atoms with E-state index in [1.807, 2.05) is 30.3 Å². The predicted molar refractivity (Wildman–Crippen MR) is 111 cm³/mol. The van der Waals surface area contributed by atoms with Gasteiger partial charge in [0, 0.05) is 24.5 Å². The van der Waals surface area contributed by atoms with E-state index in [1.165, 1.54) is 29.4 Å². The number of aliphatic hydroxyl groups excluding tert-OH is 1. The van der Waals surface area contributed by atoms with Gasteiger partial charge in [0.1, 0.15) is 11.5 Å². The molecule has 1 aromatic heterocycles. The molecule has 2 aromatic carbocycles. The number of ketones is 1. The summed E-state index contributed by atoms with van der Waals surface area (Å²) in [6.45, 7) is 0.294. The summed E-state index contributed by atoms with van der Waals surface area (Å²) in [5.74, 6) is -1.66. The van der Waals surface area contributed by atoms with E-state index in [0.29, 0.717) is 24.1 Å². The summed E-state index contributed by atoms with van der Waals surface area (Å²) in [6.07, 6.45) is 3.56. The third kappa shape index (κ3) is 3.67. The topological polar surface area (TPSA) is 90.7 Å². The van der Waals surface area contributed by atoms with Crippen molar-refractivity contribution in [1.82, 2.24) is 9.88 Å². The number of hydrogen-bond acceptors (Lipinski definition) is 5. The number of phenolic OH excluding ortho intramolecular Hbond substituents is 1. The summed E-state index contributed by atoms with van der Waals surface area (Å²) in [6, 6.07) is 18.4. The fraction of sp³-hybridized carbons (Fsp3) is 0.125. The Morgan fingerprint density at radius 2 is 1.70 bits per heavy atom. The number of nitrogens with zero attached hydrogens (tertiary/aromatic N) is 2. The maximum absolute atomic E-state index is 12.9. The van der Waals surface area contributed by atoms with Gasteiger partial charge in [0.2, 0.25) is 0 Å². The molecule has 1 unspecified atom stereocenters. The van der Waals surface area contributed by atoms with Gasteiger partial charge in [-0.15, -0.1) is 0 Å². The number of aromatic nitrogens is 1. The zero-order valence-corrected chi connectivity index (χ0v) is 16.1. The average Bonchev–Trinajstić information content (AvgIpc) is 3.03. The Balaban J connectivity index is 1.79. The molecule has 2 heterocycles. The Bertz CT molecular complexity index is 1110. The van der Waals surface area contributed by atoms with E-state index in [4.69, 9.17) is 0 Å². The normalized spacial score (nSPS) is 18.0. The molecule has 30 heavy (non-hydrogen) atoms. The molecule has 0 aliphatic carbocycles. The molecule has 1 saturated heterocycles. The first kappa shape index (κ1) is 19.4. The summed E-state index contributed by atoms with van der Waals surface area (Å²) < 4.78 is 0. The second-order valence-corrected chi connectivity index (χ2v) is 7.06. The molecule has 2 N–H and O–H groups in total. The molecule has 1 fully saturated rings. The molecule has 0 spiro atoms. The molecule has 6 heteroatoms. The predicted octanol–water partition coefficient (Wildman–Crippen LogP) is 3.45. The number of phenols is 1. The number of hydrogen-bond donors (Lipinski definition) is 2. The Hall–Kier alpha value is -3.93. The van der Waals surface area contributed by atoms with Crippen molar-refractivity contribution < 1.29 is 19.8 Å². The lowest BCUT2D eigenvalue weighted by molar-refractivity contribution is -0.139. The molecule has 4 rings (SSSR count). The van der Waals surface area contributed by atoms with Crippen LogP contribution in [0.3, 0.4) is 0 Å². The van der Waals surface area contributed by atoms with E-state index in [9.17, 15) is 19.8 Å². The number of aromatic hydroxyl groups is 1. The maximum Gasteiger partial charge on any atom is 0.295 e. The number of amides is 1. The summed E-state index contributed by atoms with van der Waals surface area (Å²) in [7, 11) is 0. The van der Waals surface area contributed by atoms with Gasteiger partial charge < -0.3 is 15.1 Å². The van der Waals surface area contributed by atoms with E-state index >= 15 is 0 Å². The van der Waals surface area contributed by atoms with Gasteiger partial charge in [-0.05, 0) is 41.8 Å². The van der Waals surface area contributed by atoms with E-state index in [0.717, 1.165) is 5.56 Å². The number of carbonyl (C=O) groups is 2. The third-order valence-corrected chi connectivity index (χ3v) is 5.16. The molecule has 3 aromatic rings. The van der Waals surface area contributed by atoms with Gasteiger partial charge in [-0.2, -0.15) is 0 Å². The smallest absolute Gasteiger partial charge is 0.295 e. The number of aliphatic hydroxyl groups is 1. The molecular formula is C24H20N2O4. The standard InChI is InChI=1S/C24H20N2O4/c27-19-8-4-7-18(15-19)21-20(22(28)17-9-12-25-13-10-17)23(29)24(30)26(21)14-11-16-5-2-1-3-6-16/h1-10,12-13,15,21,27-28H,11,14H2/b22-20+. The van der Waals surface area contributed by atoms with Crippen molar-refractivity contribution in [3.8, 4) is 5.75 Å². The van der Waals surface area contributed by atoms with Crippen molar-refractivity contribution >= 4 is 17.4 Å². The number of likely N-dealkylation sites (tertiary alicyclic amines) is 1. The summed E-state index contributed by atoms with van der Waals surface area (Å²) in [5, 5.41) is 20.9. The van der Waals surface area contributed by atoms with Crippen LogP contribution in [0.1, 0.15) is 22.7 Å². The van der Waals surface area contributed by atoms with Crippen molar-refractivity contribution in [1.29, 1.82) is 0 Å². The van der Waals surface area contributed by atoms with Crippen LogP contribution >= 0.6 is 0 Å². The fourth-order valence-electron chi connectivity index (χ4n) is 3.71. The number of pyridine rings is 1. The van der Waals surface area contributed by atoms with Crippen molar-refractivity contribution in [2.45, 2.75) is 12.5 Å². The summed E-state index contributed by atoms with van der Waals surface area (Å²) in [4.78, 5) is 31.2. The quantitative estimate of drug-likeness (QED) is 0.389. The number of rotatable bonds is 5. The van der Waals surface area contributed by atoms with Crippen molar-refractivity contribution in [3.05, 3.63) is 101 Å². The lowest BCUT2D eigenvalue weighted by Gasteiger charge is -2.25. The van der Waals surface area contributed by atoms with Crippen LogP contribution in [0.25, 0.3) is 5.76 Å². The Morgan fingerprint density at radius 1 is 0.967 bits per heavy atom. The highest BCUT2D eigenvalue weighted by Gasteiger charge is 2.45. The monoisotopic (exact) mass is 400 g/mol. The summed E-state index contributed by atoms with van der Waals surface area (Å²) in [5.41, 5.74) is 1.99. The fourth-order valence-corrected chi connectivity index (χ4v) is 3.71. The van der Waals surface area contributed by atoms with Gasteiger partial charge in [-0.25, -0.2) is 0 Å². The van der Waals surface area contributed by atoms with Crippen LogP contribution in [0, 0.1) is 0 Å². The second-order valence-electron chi connectivity index (χ2n) is 7.06. The van der Waals surface area contributed by atoms with E-state index < -0.39 is 17.7 Å². The molecule has 1 atom stereocenters. The van der Waals surface area contributed by atoms with Crippen LogP contribution in [-0.4, -0.2) is 38.3 Å². The first-order valence-corrected chi connectivity index (χ1v) is 9.58. The highest BCUT2D eigenvalue weighted by atomic mass is 16.3. The van der Waals surface area contributed by atoms with Crippen LogP contribution in [0.4, 0.5) is 0 Å². The van der Waals surface area contributed by atoms with Gasteiger partial charge in [-0.1, -0.05) is 42.5 Å². The van der Waals surface area contributed by atoms with Crippen LogP contribution < -0.4 is 0 Å². The lowest BCUT2D eigenvalue weighted by Crippen LogP contribution is -2.31. The second kappa shape index (κ2) is 8.21. The minimum Gasteiger partial charge on any atom is -0.508 e. The third-order valence-electron chi connectivity index (χ3n) is 5.16. The van der Waals surface area contributed by atoms with Crippen LogP contribution in [0.15, 0.2) is 84.7 Å². The molecule has 150 valence electrons. The Kier molecular flexibility index (Phi) is 5.30. The van der Waals surface area contributed by atoms with Gasteiger partial charge >= 0.3 is 0 Å². The van der Waals surface area contributed by atoms with Crippen LogP contribution in [-0.2, 0) is 16.0 Å². The molecule has 6 nitrogen and oxygen atoms in total. The van der Waals surface area contributed by atoms with Crippen molar-refractivity contribution in [2.24, 2.45) is 0 Å². The highest BCUT2D eigenvalue weighted by Crippen LogP contribution is 2.40. The first-order valence-electron chi connectivity index (χ1n) is 9.58. The minimum atomic E-state index is -0.797. The molecule has 1 aliphatic rings. The Labute approximate surface area is 173 Å². The van der Waals surface area contributed by atoms with Crippen molar-refractivity contribution in [2.75, 3.05) is 6.54 Å². The molecule has 0 saturated carbocycles. The van der Waals surface area contributed by atoms with Crippen LogP contribution in [0.2, 0.25) is 0 Å². The molecular weight excluding hydrogens is 380 g/mol. The van der Waals surface area contributed by atoms with Crippen molar-refractivity contribution in [3.63, 3.8) is 0 Å². The maximum atomic E-state index is 12.9. The Morgan fingerprint density at radius 3 is 2.40 bits per heavy atom. The number of Topliss-reactive ketones (excluding diaryl/α,β-unsaturated/α-hetero) is 1. The first-order chi connectivity index (χ1) is 14.6. The number of carbonyl (C=O) groups excluding carboxylic acids is 2. The SMILES string of the molecule is O=C1C(=O)N(CCc2ccccc2)C(c2cccc(O)c2)/C1=C(\O)c1ccncc1. The molecule has 0 radical (unpaired) electrons. The zero-order chi connectivity index (χ0) is 21.1. The summed E-state index contributed by atoms with van der Waals surface area (Å²) >= 11 is 0. The number of benzene rings is 2. The lowest BCUT2D eigenvalue weighted by atomic mass is 9.95. The van der Waals surface area contributed by atoms with Gasteiger partial charge in [0.15, 0.2) is 0 Å². The molecule has 1 aliphatic heterocycles. The average molecular weight is 400 g/mol. The van der Waals surface area contributed by atoms with Crippen LogP contribution in [0.5, 0.6) is 5.75 Å².